The Kier molecular flexibility index (Phi) is 6.42. The summed E-state index contributed by atoms with van der Waals surface area (Å²) >= 11 is 0. The largest absolute Gasteiger partial charge is 0.482 e. The van der Waals surface area contributed by atoms with Crippen LogP contribution in [-0.2, 0) is 9.59 Å². The van der Waals surface area contributed by atoms with Crippen LogP contribution in [0.1, 0.15) is 32.1 Å². The van der Waals surface area contributed by atoms with Gasteiger partial charge in [0.05, 0.1) is 10.6 Å². The minimum atomic E-state index is -0.559. The van der Waals surface area contributed by atoms with Crippen molar-refractivity contribution in [1.29, 1.82) is 0 Å². The van der Waals surface area contributed by atoms with Crippen LogP contribution >= 0.6 is 0 Å². The molecule has 1 N–H and O–H groups in total. The molecule has 4 amide bonds. The summed E-state index contributed by atoms with van der Waals surface area (Å²) in [5, 5.41) is 14.2. The summed E-state index contributed by atoms with van der Waals surface area (Å²) in [6.07, 6.45) is 5.52. The fourth-order valence-electron chi connectivity index (χ4n) is 4.38. The molecule has 2 fully saturated rings. The highest BCUT2D eigenvalue weighted by molar-refractivity contribution is 6.02. The van der Waals surface area contributed by atoms with Crippen LogP contribution in [-0.4, -0.2) is 77.9 Å². The molecule has 0 spiro atoms. The Morgan fingerprint density at radius 3 is 2.47 bits per heavy atom. The van der Waals surface area contributed by atoms with Crippen LogP contribution in [0, 0.1) is 10.1 Å². The van der Waals surface area contributed by atoms with Crippen molar-refractivity contribution in [3.05, 3.63) is 28.3 Å². The molecule has 2 heterocycles. The topological polar surface area (TPSA) is 125 Å². The number of fused-ring (bicyclic) bond motifs is 1. The number of piperazine rings is 1. The van der Waals surface area contributed by atoms with Gasteiger partial charge in [0.25, 0.3) is 11.6 Å². The Labute approximate surface area is 185 Å². The molecule has 1 saturated carbocycles. The minimum Gasteiger partial charge on any atom is -0.482 e. The molecule has 32 heavy (non-hydrogen) atoms. The lowest BCUT2D eigenvalue weighted by Crippen LogP contribution is -2.56. The maximum atomic E-state index is 12.9. The third-order valence-corrected chi connectivity index (χ3v) is 6.24. The van der Waals surface area contributed by atoms with Crippen LogP contribution in [0.4, 0.5) is 16.2 Å². The number of nitrogens with one attached hydrogen (secondary N) is 1. The Hall–Kier alpha value is -3.37. The standard InChI is InChI=1S/C21H27N5O6/c27-19(13-25-17-12-16(26(30)31)6-7-18(17)32-14-20(25)28)23-8-10-24(11-9-23)21(29)22-15-4-2-1-3-5-15/h6-7,12,15H,1-5,8-11,13-14H2,(H,22,29). The highest BCUT2D eigenvalue weighted by atomic mass is 16.6. The molecule has 0 radical (unpaired) electrons. The van der Waals surface area contributed by atoms with Crippen LogP contribution < -0.4 is 15.0 Å². The van der Waals surface area contributed by atoms with Crippen LogP contribution in [0.5, 0.6) is 5.75 Å². The van der Waals surface area contributed by atoms with Gasteiger partial charge in [-0.3, -0.25) is 24.6 Å². The van der Waals surface area contributed by atoms with E-state index in [9.17, 15) is 24.5 Å². The minimum absolute atomic E-state index is 0.0893. The maximum absolute atomic E-state index is 12.9. The van der Waals surface area contributed by atoms with Gasteiger partial charge in [-0.25, -0.2) is 4.79 Å². The summed E-state index contributed by atoms with van der Waals surface area (Å²) in [7, 11) is 0. The summed E-state index contributed by atoms with van der Waals surface area (Å²) in [6, 6.07) is 4.11. The molecule has 0 atom stereocenters. The van der Waals surface area contributed by atoms with Gasteiger partial charge in [-0.1, -0.05) is 19.3 Å². The molecule has 11 nitrogen and oxygen atoms in total. The van der Waals surface area contributed by atoms with Gasteiger partial charge in [0.1, 0.15) is 12.3 Å². The van der Waals surface area contributed by atoms with Crippen molar-refractivity contribution < 1.29 is 24.0 Å². The second kappa shape index (κ2) is 9.41. The molecule has 1 saturated heterocycles. The summed E-state index contributed by atoms with van der Waals surface area (Å²) < 4.78 is 5.34. The Morgan fingerprint density at radius 1 is 1.09 bits per heavy atom. The summed E-state index contributed by atoms with van der Waals surface area (Å²) in [4.78, 5) is 52.9. The zero-order valence-electron chi connectivity index (χ0n) is 17.8. The number of nitro benzene ring substituents is 1. The number of hydrogen-bond acceptors (Lipinski definition) is 6. The molecular formula is C21H27N5O6. The highest BCUT2D eigenvalue weighted by Crippen LogP contribution is 2.35. The van der Waals surface area contributed by atoms with E-state index in [-0.39, 0.29) is 42.5 Å². The number of nitro groups is 1. The Balaban J connectivity index is 1.34. The van der Waals surface area contributed by atoms with Crippen molar-refractivity contribution in [2.45, 2.75) is 38.1 Å². The summed E-state index contributed by atoms with van der Waals surface area (Å²) in [5.74, 6) is -0.380. The van der Waals surface area contributed by atoms with E-state index in [1.54, 1.807) is 9.80 Å². The first kappa shape index (κ1) is 21.8. The van der Waals surface area contributed by atoms with Crippen LogP contribution in [0.15, 0.2) is 18.2 Å². The van der Waals surface area contributed by atoms with Crippen LogP contribution in [0.25, 0.3) is 0 Å². The lowest BCUT2D eigenvalue weighted by Gasteiger charge is -2.37. The predicted octanol–water partition coefficient (Wildman–Crippen LogP) is 1.51. The molecule has 11 heteroatoms. The SMILES string of the molecule is O=C(CN1C(=O)COc2ccc([N+](=O)[O-])cc21)N1CCN(C(=O)NC2CCCCC2)CC1. The van der Waals surface area contributed by atoms with Gasteiger partial charge in [0.15, 0.2) is 6.61 Å². The molecule has 172 valence electrons. The molecule has 1 aromatic rings. The van der Waals surface area contributed by atoms with E-state index in [1.807, 2.05) is 0 Å². The number of amides is 4. The molecule has 1 aliphatic carbocycles. The zero-order chi connectivity index (χ0) is 22.7. The number of urea groups is 1. The van der Waals surface area contributed by atoms with E-state index in [0.29, 0.717) is 31.9 Å². The number of carbonyl (C=O) groups is 3. The first-order valence-corrected chi connectivity index (χ1v) is 11.0. The number of ether oxygens (including phenoxy) is 1. The van der Waals surface area contributed by atoms with Crippen molar-refractivity contribution in [3.8, 4) is 5.75 Å². The zero-order valence-corrected chi connectivity index (χ0v) is 17.8. The summed E-state index contributed by atoms with van der Waals surface area (Å²) in [6.45, 7) is 1.12. The first-order valence-electron chi connectivity index (χ1n) is 11.0. The Morgan fingerprint density at radius 2 is 1.78 bits per heavy atom. The van der Waals surface area contributed by atoms with Crippen molar-refractivity contribution in [2.75, 3.05) is 44.2 Å². The van der Waals surface area contributed by atoms with Gasteiger partial charge < -0.3 is 19.9 Å². The van der Waals surface area contributed by atoms with Gasteiger partial charge in [-0.2, -0.15) is 0 Å². The number of benzene rings is 1. The molecule has 2 aliphatic heterocycles. The van der Waals surface area contributed by atoms with Crippen molar-refractivity contribution in [3.63, 3.8) is 0 Å². The average Bonchev–Trinajstić information content (AvgIpc) is 2.81. The number of hydrogen-bond donors (Lipinski definition) is 1. The number of carbonyl (C=O) groups excluding carboxylic acids is 3. The third kappa shape index (κ3) is 4.76. The fourth-order valence-corrected chi connectivity index (χ4v) is 4.38. The molecule has 4 rings (SSSR count). The van der Waals surface area contributed by atoms with E-state index < -0.39 is 10.8 Å². The van der Waals surface area contributed by atoms with E-state index in [2.05, 4.69) is 5.32 Å². The predicted molar refractivity (Wildman–Crippen MR) is 115 cm³/mol. The van der Waals surface area contributed by atoms with Crippen LogP contribution in [0.3, 0.4) is 0 Å². The third-order valence-electron chi connectivity index (χ3n) is 6.24. The van der Waals surface area contributed by atoms with Gasteiger partial charge in [0, 0.05) is 44.4 Å². The average molecular weight is 445 g/mol. The molecule has 0 unspecified atom stereocenters. The second-order valence-corrected chi connectivity index (χ2v) is 8.33. The molecule has 0 bridgehead atoms. The van der Waals surface area contributed by atoms with E-state index in [4.69, 9.17) is 4.74 Å². The second-order valence-electron chi connectivity index (χ2n) is 8.33. The van der Waals surface area contributed by atoms with Gasteiger partial charge in [0.2, 0.25) is 5.91 Å². The fraction of sp³-hybridized carbons (Fsp3) is 0.571. The number of rotatable bonds is 4. The number of nitrogens with zero attached hydrogens (tertiary/aromatic N) is 4. The summed E-state index contributed by atoms with van der Waals surface area (Å²) in [5.41, 5.74) is 0.0337. The Bertz CT molecular complexity index is 908. The number of non-ortho nitro benzene ring substituents is 1. The monoisotopic (exact) mass is 445 g/mol. The molecule has 3 aliphatic rings. The van der Waals surface area contributed by atoms with Gasteiger partial charge >= 0.3 is 6.03 Å². The van der Waals surface area contributed by atoms with Gasteiger partial charge in [-0.05, 0) is 18.9 Å². The van der Waals surface area contributed by atoms with Crippen molar-refractivity contribution in [2.24, 2.45) is 0 Å². The maximum Gasteiger partial charge on any atom is 0.317 e. The number of anilines is 1. The lowest BCUT2D eigenvalue weighted by atomic mass is 9.96. The molecule has 1 aromatic carbocycles. The lowest BCUT2D eigenvalue weighted by molar-refractivity contribution is -0.384. The van der Waals surface area contributed by atoms with E-state index >= 15 is 0 Å². The molecular weight excluding hydrogens is 418 g/mol. The quantitative estimate of drug-likeness (QED) is 0.553. The van der Waals surface area contributed by atoms with E-state index in [0.717, 1.165) is 25.7 Å². The van der Waals surface area contributed by atoms with Crippen LogP contribution in [0.2, 0.25) is 0 Å². The first-order chi connectivity index (χ1) is 15.4. The van der Waals surface area contributed by atoms with Crippen molar-refractivity contribution >= 4 is 29.2 Å². The van der Waals surface area contributed by atoms with Crippen molar-refractivity contribution in [1.82, 2.24) is 15.1 Å². The molecule has 0 aromatic heterocycles. The normalized spacial score (nSPS) is 19.2. The van der Waals surface area contributed by atoms with E-state index in [1.165, 1.54) is 29.5 Å². The highest BCUT2D eigenvalue weighted by Gasteiger charge is 2.32. The van der Waals surface area contributed by atoms with Gasteiger partial charge in [-0.15, -0.1) is 0 Å². The smallest absolute Gasteiger partial charge is 0.317 e.